The third kappa shape index (κ3) is 3.38. The van der Waals surface area contributed by atoms with Gasteiger partial charge in [-0.2, -0.15) is 0 Å². The second kappa shape index (κ2) is 8.66. The van der Waals surface area contributed by atoms with Crippen molar-refractivity contribution >= 4 is 45.1 Å². The molecule has 2 aliphatic rings. The Bertz CT molecular complexity index is 976. The largest absolute Gasteiger partial charge is 0.147 e. The summed E-state index contributed by atoms with van der Waals surface area (Å²) in [6.07, 6.45) is 8.54. The molecule has 2 aliphatic carbocycles. The fourth-order valence-corrected chi connectivity index (χ4v) is 23.6. The molecule has 0 saturated heterocycles. The van der Waals surface area contributed by atoms with Crippen molar-refractivity contribution in [3.8, 4) is 0 Å². The van der Waals surface area contributed by atoms with Gasteiger partial charge in [-0.05, 0) is 0 Å². The van der Waals surface area contributed by atoms with E-state index in [1.807, 2.05) is 38.1 Å². The fourth-order valence-electron chi connectivity index (χ4n) is 4.49. The van der Waals surface area contributed by atoms with Crippen LogP contribution in [0.5, 0.6) is 0 Å². The van der Waals surface area contributed by atoms with Crippen molar-refractivity contribution < 1.29 is 28.3 Å². The molecule has 0 fully saturated rings. The Morgan fingerprint density at radius 3 is 1.56 bits per heavy atom. The first kappa shape index (κ1) is 22.4. The third-order valence-electron chi connectivity index (χ3n) is 5.65. The summed E-state index contributed by atoms with van der Waals surface area (Å²) in [5.41, 5.74) is 4.72. The molecular weight excluding hydrogens is 477 g/mol. The summed E-state index contributed by atoms with van der Waals surface area (Å²) in [6, 6.07) is 16.5. The Hall–Kier alpha value is -0.847. The van der Waals surface area contributed by atoms with Gasteiger partial charge in [-0.25, -0.2) is 0 Å². The van der Waals surface area contributed by atoms with E-state index >= 15 is 0 Å². The van der Waals surface area contributed by atoms with Crippen LogP contribution in [0.25, 0.3) is 12.2 Å². The van der Waals surface area contributed by atoms with Crippen LogP contribution >= 0.6 is 29.8 Å². The predicted molar refractivity (Wildman–Crippen MR) is 116 cm³/mol. The van der Waals surface area contributed by atoms with Crippen LogP contribution in [0.15, 0.2) is 60.7 Å². The van der Waals surface area contributed by atoms with Crippen LogP contribution in [0.1, 0.15) is 43.4 Å². The average Bonchev–Trinajstić information content (AvgIpc) is 3.21. The molecule has 2 aromatic carbocycles. The Morgan fingerprint density at radius 1 is 0.778 bits per heavy atom. The van der Waals surface area contributed by atoms with Gasteiger partial charge < -0.3 is 0 Å². The van der Waals surface area contributed by atoms with Crippen molar-refractivity contribution in [1.82, 2.24) is 0 Å². The summed E-state index contributed by atoms with van der Waals surface area (Å²) in [5, 5.41) is 0. The van der Waals surface area contributed by atoms with E-state index in [1.54, 1.807) is 0 Å². The van der Waals surface area contributed by atoms with E-state index in [-0.39, 0.29) is 32.1 Å². The second-order valence-electron chi connectivity index (χ2n) is 7.01. The van der Waals surface area contributed by atoms with E-state index in [1.165, 1.54) is 22.3 Å². The molecule has 0 aromatic heterocycles. The number of allylic oxidation sites excluding steroid dienone is 2. The van der Waals surface area contributed by atoms with Crippen molar-refractivity contribution in [2.75, 3.05) is 0 Å². The molecule has 0 aliphatic heterocycles. The van der Waals surface area contributed by atoms with E-state index in [0.717, 1.165) is 3.21 Å². The minimum absolute atomic E-state index is 0. The summed E-state index contributed by atoms with van der Waals surface area (Å²) < 4.78 is 27.0. The molecule has 0 radical (unpaired) electrons. The molecule has 0 amide bonds. The molecule has 0 bridgehead atoms. The van der Waals surface area contributed by atoms with Crippen molar-refractivity contribution in [3.05, 3.63) is 82.9 Å². The van der Waals surface area contributed by atoms with Gasteiger partial charge in [0.1, 0.15) is 0 Å². The van der Waals surface area contributed by atoms with E-state index in [0.29, 0.717) is 0 Å². The summed E-state index contributed by atoms with van der Waals surface area (Å²) in [5.74, 6) is 0. The van der Waals surface area contributed by atoms with E-state index < -0.39 is 24.2 Å². The second-order valence-corrected chi connectivity index (χ2v) is 24.2. The van der Waals surface area contributed by atoms with E-state index in [4.69, 9.17) is 0 Å². The summed E-state index contributed by atoms with van der Waals surface area (Å²) in [6.45, 7) is 4.09. The molecule has 0 spiro atoms. The summed E-state index contributed by atoms with van der Waals surface area (Å²) in [4.78, 5) is -2.49. The molecular formula is C21H22Cl2O2PZr. The first-order chi connectivity index (χ1) is 12.1. The molecule has 27 heavy (non-hydrogen) atoms. The zero-order valence-electron chi connectivity index (χ0n) is 15.2. The zero-order chi connectivity index (χ0) is 17.6. The minimum atomic E-state index is -3.88. The zero-order valence-corrected chi connectivity index (χ0v) is 20.1. The van der Waals surface area contributed by atoms with Gasteiger partial charge in [-0.3, -0.25) is 0 Å². The summed E-state index contributed by atoms with van der Waals surface area (Å²) in [7, 11) is 0. The standard InChI is InChI=1S/2C9H7.C3H6.2ClH.O2P.Zr/c2*1-2-5-9-7-3-6-8(9)4-1;1-3-2;;;1-3-2;/h2*1-7H;1-2H3;2*1H;;. The molecule has 0 N–H and O–H groups in total. The predicted octanol–water partition coefficient (Wildman–Crippen LogP) is 6.82. The quantitative estimate of drug-likeness (QED) is 0.435. The fraction of sp³-hybridized carbons (Fsp3) is 0.190. The number of benzene rings is 2. The Balaban J connectivity index is 0.00000131. The molecule has 6 heteroatoms. The maximum atomic E-state index is 12.9. The molecule has 4 rings (SSSR count). The SMILES string of the molecule is C[C](C)=[Zr]([CH]1C=Cc2ccccc21)([CH]1C=Cc2ccccc21)[P](=O)=O.Cl.Cl. The Kier molecular flexibility index (Phi) is 7.20. The van der Waals surface area contributed by atoms with Gasteiger partial charge >= 0.3 is 153 Å². The number of hydrogen-bond acceptors (Lipinski definition) is 2. The van der Waals surface area contributed by atoms with Crippen molar-refractivity contribution in [1.29, 1.82) is 0 Å². The van der Waals surface area contributed by atoms with Gasteiger partial charge in [0.15, 0.2) is 0 Å². The van der Waals surface area contributed by atoms with Gasteiger partial charge in [-0.1, -0.05) is 0 Å². The van der Waals surface area contributed by atoms with Crippen molar-refractivity contribution in [2.24, 2.45) is 0 Å². The van der Waals surface area contributed by atoms with Gasteiger partial charge in [0, 0.05) is 0 Å². The first-order valence-electron chi connectivity index (χ1n) is 8.56. The molecule has 2 aromatic rings. The Morgan fingerprint density at radius 2 is 1.19 bits per heavy atom. The molecule has 0 saturated carbocycles. The van der Waals surface area contributed by atoms with Crippen LogP contribution < -0.4 is 0 Å². The molecule has 2 atom stereocenters. The van der Waals surface area contributed by atoms with Crippen LogP contribution in [-0.2, 0) is 28.3 Å². The van der Waals surface area contributed by atoms with Gasteiger partial charge in [0.25, 0.3) is 0 Å². The number of rotatable bonds is 3. The van der Waals surface area contributed by atoms with Crippen LogP contribution in [0, 0.1) is 0 Å². The van der Waals surface area contributed by atoms with Crippen LogP contribution in [0.4, 0.5) is 0 Å². The maximum absolute atomic E-state index is 12.9. The molecule has 2 nitrogen and oxygen atoms in total. The first-order valence-corrected chi connectivity index (χ1v) is 17.1. The maximum Gasteiger partial charge on any atom is -0.147 e. The normalized spacial score (nSPS) is 20.7. The van der Waals surface area contributed by atoms with Crippen LogP contribution in [-0.4, -0.2) is 3.21 Å². The summed E-state index contributed by atoms with van der Waals surface area (Å²) >= 11 is -3.88. The molecule has 2 unspecified atom stereocenters. The van der Waals surface area contributed by atoms with Crippen molar-refractivity contribution in [2.45, 2.75) is 21.1 Å². The topological polar surface area (TPSA) is 34.1 Å². The smallest absolute Gasteiger partial charge is 0.147 e. The van der Waals surface area contributed by atoms with Gasteiger partial charge in [-0.15, -0.1) is 24.8 Å². The van der Waals surface area contributed by atoms with E-state index in [2.05, 4.69) is 48.6 Å². The monoisotopic (exact) mass is 497 g/mol. The average molecular weight is 500 g/mol. The Labute approximate surface area is 176 Å². The minimum Gasteiger partial charge on any atom is -0.147 e. The third-order valence-corrected chi connectivity index (χ3v) is 27.7. The van der Waals surface area contributed by atoms with Crippen molar-refractivity contribution in [3.63, 3.8) is 0 Å². The molecule has 0 heterocycles. The number of hydrogen-bond donors (Lipinski definition) is 0. The van der Waals surface area contributed by atoms with E-state index in [9.17, 15) is 9.13 Å². The number of halogens is 2. The van der Waals surface area contributed by atoms with Crippen LogP contribution in [0.2, 0.25) is 0 Å². The van der Waals surface area contributed by atoms with Gasteiger partial charge in [0.05, 0.1) is 0 Å². The van der Waals surface area contributed by atoms with Gasteiger partial charge in [0.2, 0.25) is 0 Å². The molecule has 141 valence electrons. The number of fused-ring (bicyclic) bond motifs is 2. The van der Waals surface area contributed by atoms with Crippen LogP contribution in [0.3, 0.4) is 0 Å².